The summed E-state index contributed by atoms with van der Waals surface area (Å²) >= 11 is 3.32. The van der Waals surface area contributed by atoms with Gasteiger partial charge in [0, 0.05) is 19.6 Å². The van der Waals surface area contributed by atoms with Crippen LogP contribution in [0.5, 0.6) is 0 Å². The molecule has 3 atom stereocenters. The van der Waals surface area contributed by atoms with Gasteiger partial charge in [-0.15, -0.1) is 0 Å². The average Bonchev–Trinajstić information content (AvgIpc) is 2.66. The second-order valence-corrected chi connectivity index (χ2v) is 5.49. The van der Waals surface area contributed by atoms with Crippen LogP contribution in [-0.2, 0) is 9.53 Å². The van der Waals surface area contributed by atoms with E-state index in [9.17, 15) is 9.90 Å². The van der Waals surface area contributed by atoms with Crippen LogP contribution in [0.2, 0.25) is 0 Å². The van der Waals surface area contributed by atoms with Crippen molar-refractivity contribution in [2.75, 3.05) is 19.7 Å². The van der Waals surface area contributed by atoms with Crippen molar-refractivity contribution < 1.29 is 14.6 Å². The number of aliphatic hydroxyl groups is 1. The maximum atomic E-state index is 11.7. The Balaban J connectivity index is 2.00. The number of carbonyl (C=O) groups is 1. The van der Waals surface area contributed by atoms with E-state index < -0.39 is 5.60 Å². The molecular weight excluding hydrogens is 262 g/mol. The monoisotopic (exact) mass is 277 g/mol. The van der Waals surface area contributed by atoms with Gasteiger partial charge in [-0.1, -0.05) is 15.9 Å². The third-order valence-electron chi connectivity index (χ3n) is 3.36. The topological polar surface area (TPSA) is 49.8 Å². The van der Waals surface area contributed by atoms with E-state index >= 15 is 0 Å². The van der Waals surface area contributed by atoms with Crippen LogP contribution in [0.15, 0.2) is 0 Å². The number of nitrogens with zero attached hydrogens (tertiary/aromatic N) is 1. The molecule has 2 fully saturated rings. The van der Waals surface area contributed by atoms with E-state index in [1.165, 1.54) is 0 Å². The molecule has 2 heterocycles. The van der Waals surface area contributed by atoms with Gasteiger partial charge < -0.3 is 14.7 Å². The van der Waals surface area contributed by atoms with Gasteiger partial charge in [-0.2, -0.15) is 0 Å². The molecule has 0 aromatic carbocycles. The quantitative estimate of drug-likeness (QED) is 0.749. The molecule has 5 heteroatoms. The Morgan fingerprint density at radius 2 is 2.47 bits per heavy atom. The smallest absolute Gasteiger partial charge is 0.236 e. The maximum absolute atomic E-state index is 11.7. The fraction of sp³-hybridized carbons (Fsp3) is 0.900. The summed E-state index contributed by atoms with van der Waals surface area (Å²) in [6, 6.07) is 0. The van der Waals surface area contributed by atoms with Crippen LogP contribution in [0, 0.1) is 0 Å². The number of ether oxygens (including phenoxy) is 1. The minimum atomic E-state index is -0.854. The molecule has 0 spiro atoms. The average molecular weight is 278 g/mol. The molecule has 0 aromatic rings. The normalized spacial score (nSPS) is 41.5. The second-order valence-electron chi connectivity index (χ2n) is 4.38. The number of rotatable bonds is 2. The third kappa shape index (κ3) is 2.05. The highest BCUT2D eigenvalue weighted by atomic mass is 79.9. The number of likely N-dealkylation sites (tertiary alicyclic amines) is 1. The van der Waals surface area contributed by atoms with Crippen molar-refractivity contribution in [3.05, 3.63) is 0 Å². The first-order chi connectivity index (χ1) is 7.03. The molecule has 86 valence electrons. The summed E-state index contributed by atoms with van der Waals surface area (Å²) in [5, 5.41) is 10.3. The fourth-order valence-electron chi connectivity index (χ4n) is 2.17. The Morgan fingerprint density at radius 1 is 1.73 bits per heavy atom. The van der Waals surface area contributed by atoms with Gasteiger partial charge >= 0.3 is 0 Å². The Hall–Kier alpha value is -0.130. The minimum Gasteiger partial charge on any atom is -0.385 e. The first-order valence-corrected chi connectivity index (χ1v) is 6.21. The maximum Gasteiger partial charge on any atom is 0.236 e. The SMILES string of the molecule is CC1OCCC1(O)CN1CCC(Br)C1=O. The molecule has 0 aromatic heterocycles. The van der Waals surface area contributed by atoms with Crippen LogP contribution < -0.4 is 0 Å². The van der Waals surface area contributed by atoms with Crippen molar-refractivity contribution in [2.24, 2.45) is 0 Å². The summed E-state index contributed by atoms with van der Waals surface area (Å²) in [6.07, 6.45) is 1.26. The van der Waals surface area contributed by atoms with Gasteiger partial charge in [-0.3, -0.25) is 4.79 Å². The Morgan fingerprint density at radius 3 is 2.93 bits per heavy atom. The molecule has 0 bridgehead atoms. The zero-order chi connectivity index (χ0) is 11.1. The van der Waals surface area contributed by atoms with Crippen LogP contribution in [0.4, 0.5) is 0 Å². The van der Waals surface area contributed by atoms with Crippen molar-refractivity contribution in [3.8, 4) is 0 Å². The van der Waals surface area contributed by atoms with Crippen molar-refractivity contribution in [1.29, 1.82) is 0 Å². The molecule has 1 amide bonds. The van der Waals surface area contributed by atoms with E-state index in [2.05, 4.69) is 15.9 Å². The molecular formula is C10H16BrNO3. The fourth-order valence-corrected chi connectivity index (χ4v) is 2.66. The number of amides is 1. The minimum absolute atomic E-state index is 0.0706. The Kier molecular flexibility index (Phi) is 3.05. The number of hydrogen-bond acceptors (Lipinski definition) is 3. The van der Waals surface area contributed by atoms with Crippen LogP contribution in [0.3, 0.4) is 0 Å². The Labute approximate surface area is 97.7 Å². The summed E-state index contributed by atoms with van der Waals surface area (Å²) in [7, 11) is 0. The summed E-state index contributed by atoms with van der Waals surface area (Å²) in [5.74, 6) is 0.0857. The lowest BCUT2D eigenvalue weighted by Crippen LogP contribution is -2.48. The first-order valence-electron chi connectivity index (χ1n) is 5.30. The summed E-state index contributed by atoms with van der Waals surface area (Å²) in [5.41, 5.74) is -0.854. The lowest BCUT2D eigenvalue weighted by molar-refractivity contribution is -0.131. The summed E-state index contributed by atoms with van der Waals surface area (Å²) < 4.78 is 5.34. The highest BCUT2D eigenvalue weighted by Gasteiger charge is 2.43. The van der Waals surface area contributed by atoms with Gasteiger partial charge in [0.25, 0.3) is 0 Å². The molecule has 1 N–H and O–H groups in total. The molecule has 2 saturated heterocycles. The van der Waals surface area contributed by atoms with E-state index in [-0.39, 0.29) is 16.8 Å². The molecule has 2 aliphatic rings. The molecule has 3 unspecified atom stereocenters. The number of carbonyl (C=O) groups excluding carboxylic acids is 1. The number of hydrogen-bond donors (Lipinski definition) is 1. The van der Waals surface area contributed by atoms with E-state index in [0.717, 1.165) is 13.0 Å². The van der Waals surface area contributed by atoms with Crippen molar-refractivity contribution >= 4 is 21.8 Å². The van der Waals surface area contributed by atoms with Crippen molar-refractivity contribution in [2.45, 2.75) is 36.3 Å². The number of alkyl halides is 1. The van der Waals surface area contributed by atoms with Gasteiger partial charge in [0.2, 0.25) is 5.91 Å². The van der Waals surface area contributed by atoms with Crippen LogP contribution in [0.1, 0.15) is 19.8 Å². The van der Waals surface area contributed by atoms with Gasteiger partial charge in [0.1, 0.15) is 5.60 Å². The zero-order valence-corrected chi connectivity index (χ0v) is 10.4. The van der Waals surface area contributed by atoms with Gasteiger partial charge in [0.05, 0.1) is 17.5 Å². The van der Waals surface area contributed by atoms with E-state index in [1.807, 2.05) is 6.92 Å². The van der Waals surface area contributed by atoms with E-state index in [1.54, 1.807) is 4.90 Å². The standard InChI is InChI=1S/C10H16BrNO3/c1-7-10(14,3-5-15-7)6-12-4-2-8(11)9(12)13/h7-8,14H,2-6H2,1H3. The molecule has 15 heavy (non-hydrogen) atoms. The zero-order valence-electron chi connectivity index (χ0n) is 8.78. The third-order valence-corrected chi connectivity index (χ3v) is 4.21. The largest absolute Gasteiger partial charge is 0.385 e. The molecule has 4 nitrogen and oxygen atoms in total. The summed E-state index contributed by atoms with van der Waals surface area (Å²) in [4.78, 5) is 13.3. The highest BCUT2D eigenvalue weighted by Crippen LogP contribution is 2.29. The molecule has 0 radical (unpaired) electrons. The second kappa shape index (κ2) is 4.03. The molecule has 0 saturated carbocycles. The first kappa shape index (κ1) is 11.4. The van der Waals surface area contributed by atoms with E-state index in [0.29, 0.717) is 19.6 Å². The van der Waals surface area contributed by atoms with E-state index in [4.69, 9.17) is 4.74 Å². The van der Waals surface area contributed by atoms with Crippen LogP contribution >= 0.6 is 15.9 Å². The molecule has 2 aliphatic heterocycles. The molecule has 0 aliphatic carbocycles. The number of β-amino-alcohol motifs (C(OH)–C–C–N with tert-alkyl or cyclic N) is 1. The van der Waals surface area contributed by atoms with Crippen molar-refractivity contribution in [3.63, 3.8) is 0 Å². The van der Waals surface area contributed by atoms with Crippen molar-refractivity contribution in [1.82, 2.24) is 4.90 Å². The Bertz CT molecular complexity index is 273. The lowest BCUT2D eigenvalue weighted by atomic mass is 9.96. The predicted molar refractivity (Wildman–Crippen MR) is 58.9 cm³/mol. The highest BCUT2D eigenvalue weighted by molar-refractivity contribution is 9.10. The van der Waals surface area contributed by atoms with Gasteiger partial charge in [0.15, 0.2) is 0 Å². The lowest BCUT2D eigenvalue weighted by Gasteiger charge is -2.30. The van der Waals surface area contributed by atoms with Crippen LogP contribution in [0.25, 0.3) is 0 Å². The summed E-state index contributed by atoms with van der Waals surface area (Å²) in [6.45, 7) is 3.56. The van der Waals surface area contributed by atoms with Gasteiger partial charge in [-0.25, -0.2) is 0 Å². The van der Waals surface area contributed by atoms with Gasteiger partial charge in [-0.05, 0) is 13.3 Å². The predicted octanol–water partition coefficient (Wildman–Crippen LogP) is 0.522. The van der Waals surface area contributed by atoms with Crippen LogP contribution in [-0.4, -0.2) is 52.1 Å². The number of halogens is 1. The molecule has 2 rings (SSSR count).